The van der Waals surface area contributed by atoms with Gasteiger partial charge in [0.05, 0.1) is 6.21 Å². The van der Waals surface area contributed by atoms with E-state index in [1.165, 1.54) is 6.21 Å². The standard InChI is InChI=1S/C11H9F3N4S/c1-7-2-4-8(5-3-7)6-15-18-9(11(12,13)14)16-17-10(18)19/h2-6H,1H3,(H,17,19)/b15-6-. The molecule has 100 valence electrons. The van der Waals surface area contributed by atoms with E-state index in [0.717, 1.165) is 5.56 Å². The van der Waals surface area contributed by atoms with Crippen molar-refractivity contribution >= 4 is 18.4 Å². The summed E-state index contributed by atoms with van der Waals surface area (Å²) in [6.07, 6.45) is -3.32. The first-order valence-electron chi connectivity index (χ1n) is 5.23. The molecule has 2 aromatic rings. The molecule has 0 atom stereocenters. The lowest BCUT2D eigenvalue weighted by Gasteiger charge is -2.03. The van der Waals surface area contributed by atoms with Crippen molar-refractivity contribution in [2.24, 2.45) is 5.10 Å². The monoisotopic (exact) mass is 286 g/mol. The first-order chi connectivity index (χ1) is 8.88. The lowest BCUT2D eigenvalue weighted by atomic mass is 10.2. The second-order valence-electron chi connectivity index (χ2n) is 3.82. The molecule has 1 aromatic heterocycles. The van der Waals surface area contributed by atoms with Crippen LogP contribution in [0.25, 0.3) is 0 Å². The fraction of sp³-hybridized carbons (Fsp3) is 0.182. The van der Waals surface area contributed by atoms with E-state index < -0.39 is 12.0 Å². The van der Waals surface area contributed by atoms with E-state index >= 15 is 0 Å². The number of benzene rings is 1. The van der Waals surface area contributed by atoms with Gasteiger partial charge in [0.25, 0.3) is 5.82 Å². The third-order valence-corrected chi connectivity index (χ3v) is 2.57. The third-order valence-electron chi connectivity index (χ3n) is 2.30. The molecule has 0 saturated heterocycles. The predicted molar refractivity (Wildman–Crippen MR) is 66.6 cm³/mol. The Morgan fingerprint density at radius 3 is 2.53 bits per heavy atom. The van der Waals surface area contributed by atoms with E-state index in [4.69, 9.17) is 12.2 Å². The van der Waals surface area contributed by atoms with Gasteiger partial charge in [-0.15, -0.1) is 5.10 Å². The van der Waals surface area contributed by atoms with Gasteiger partial charge in [-0.05, 0) is 24.7 Å². The number of hydrogen-bond donors (Lipinski definition) is 1. The summed E-state index contributed by atoms with van der Waals surface area (Å²) < 4.78 is 38.2. The Balaban J connectivity index is 2.36. The molecular formula is C11H9F3N4S. The Morgan fingerprint density at radius 2 is 1.95 bits per heavy atom. The maximum atomic E-state index is 12.6. The van der Waals surface area contributed by atoms with Crippen LogP contribution in [-0.2, 0) is 6.18 Å². The molecule has 1 aromatic carbocycles. The molecule has 2 rings (SSSR count). The van der Waals surface area contributed by atoms with Gasteiger partial charge in [0, 0.05) is 0 Å². The largest absolute Gasteiger partial charge is 0.453 e. The Labute approximate surface area is 111 Å². The van der Waals surface area contributed by atoms with Crippen LogP contribution in [0.1, 0.15) is 17.0 Å². The predicted octanol–water partition coefficient (Wildman–Crippen LogP) is 3.15. The van der Waals surface area contributed by atoms with Crippen LogP contribution in [0.2, 0.25) is 0 Å². The van der Waals surface area contributed by atoms with Crippen LogP contribution in [0.4, 0.5) is 13.2 Å². The van der Waals surface area contributed by atoms with Crippen LogP contribution >= 0.6 is 12.2 Å². The zero-order valence-electron chi connectivity index (χ0n) is 9.77. The zero-order chi connectivity index (χ0) is 14.0. The van der Waals surface area contributed by atoms with Crippen LogP contribution in [0.5, 0.6) is 0 Å². The molecule has 0 amide bonds. The summed E-state index contributed by atoms with van der Waals surface area (Å²) >= 11 is 4.71. The van der Waals surface area contributed by atoms with Crippen molar-refractivity contribution in [3.8, 4) is 0 Å². The minimum atomic E-state index is -4.61. The fourth-order valence-electron chi connectivity index (χ4n) is 1.36. The number of nitrogens with one attached hydrogen (secondary N) is 1. The van der Waals surface area contributed by atoms with E-state index in [2.05, 4.69) is 15.3 Å². The molecule has 0 aliphatic carbocycles. The average molecular weight is 286 g/mol. The molecule has 0 bridgehead atoms. The Kier molecular flexibility index (Phi) is 3.52. The van der Waals surface area contributed by atoms with Crippen molar-refractivity contribution in [1.82, 2.24) is 14.9 Å². The lowest BCUT2D eigenvalue weighted by Crippen LogP contribution is -2.12. The normalized spacial score (nSPS) is 12.2. The van der Waals surface area contributed by atoms with Crippen LogP contribution in [0.15, 0.2) is 29.4 Å². The van der Waals surface area contributed by atoms with Gasteiger partial charge in [-0.25, -0.2) is 5.10 Å². The number of aryl methyl sites for hydroxylation is 1. The second kappa shape index (κ2) is 4.96. The quantitative estimate of drug-likeness (QED) is 0.681. The summed E-state index contributed by atoms with van der Waals surface area (Å²) in [5.74, 6) is -1.18. The summed E-state index contributed by atoms with van der Waals surface area (Å²) in [4.78, 5) is 0. The second-order valence-corrected chi connectivity index (χ2v) is 4.20. The number of H-pyrrole nitrogens is 1. The molecule has 1 heterocycles. The van der Waals surface area contributed by atoms with E-state index in [-0.39, 0.29) is 4.77 Å². The maximum absolute atomic E-state index is 12.6. The topological polar surface area (TPSA) is 46.0 Å². The van der Waals surface area contributed by atoms with Crippen LogP contribution in [-0.4, -0.2) is 21.1 Å². The Hall–Kier alpha value is -1.96. The molecule has 8 heteroatoms. The summed E-state index contributed by atoms with van der Waals surface area (Å²) in [5.41, 5.74) is 1.72. The molecular weight excluding hydrogens is 277 g/mol. The van der Waals surface area contributed by atoms with E-state index in [0.29, 0.717) is 10.2 Å². The number of rotatable bonds is 2. The van der Waals surface area contributed by atoms with Crippen molar-refractivity contribution < 1.29 is 13.2 Å². The van der Waals surface area contributed by atoms with E-state index in [1.54, 1.807) is 12.1 Å². The fourth-order valence-corrected chi connectivity index (χ4v) is 1.54. The molecule has 0 aliphatic heterocycles. The number of aromatic amines is 1. The van der Waals surface area contributed by atoms with Gasteiger partial charge in [0.2, 0.25) is 4.77 Å². The van der Waals surface area contributed by atoms with Gasteiger partial charge in [0.15, 0.2) is 0 Å². The molecule has 19 heavy (non-hydrogen) atoms. The van der Waals surface area contributed by atoms with Crippen molar-refractivity contribution in [2.45, 2.75) is 13.1 Å². The minimum absolute atomic E-state index is 0.212. The zero-order valence-corrected chi connectivity index (χ0v) is 10.6. The Bertz CT molecular complexity index is 652. The molecule has 0 fully saturated rings. The number of hydrogen-bond acceptors (Lipinski definition) is 3. The number of alkyl halides is 3. The van der Waals surface area contributed by atoms with Gasteiger partial charge >= 0.3 is 6.18 Å². The highest BCUT2D eigenvalue weighted by Gasteiger charge is 2.37. The molecule has 0 aliphatic rings. The number of nitrogens with zero attached hydrogens (tertiary/aromatic N) is 3. The minimum Gasteiger partial charge on any atom is -0.250 e. The first-order valence-corrected chi connectivity index (χ1v) is 5.64. The van der Waals surface area contributed by atoms with Gasteiger partial charge in [0.1, 0.15) is 0 Å². The number of halogens is 3. The third kappa shape index (κ3) is 3.08. The lowest BCUT2D eigenvalue weighted by molar-refractivity contribution is -0.147. The average Bonchev–Trinajstić information content (AvgIpc) is 2.70. The summed E-state index contributed by atoms with van der Waals surface area (Å²) in [7, 11) is 0. The molecule has 0 unspecified atom stereocenters. The van der Waals surface area contributed by atoms with Crippen molar-refractivity contribution in [3.63, 3.8) is 0 Å². The van der Waals surface area contributed by atoms with Crippen LogP contribution in [0.3, 0.4) is 0 Å². The maximum Gasteiger partial charge on any atom is 0.453 e. The Morgan fingerprint density at radius 1 is 1.32 bits per heavy atom. The molecule has 4 nitrogen and oxygen atoms in total. The molecule has 0 radical (unpaired) electrons. The summed E-state index contributed by atoms with van der Waals surface area (Å²) in [6.45, 7) is 1.91. The van der Waals surface area contributed by atoms with Crippen molar-refractivity contribution in [3.05, 3.63) is 46.0 Å². The van der Waals surface area contributed by atoms with Gasteiger partial charge in [-0.2, -0.15) is 22.9 Å². The van der Waals surface area contributed by atoms with Gasteiger partial charge in [-0.3, -0.25) is 0 Å². The van der Waals surface area contributed by atoms with Gasteiger partial charge in [-0.1, -0.05) is 29.8 Å². The van der Waals surface area contributed by atoms with E-state index in [9.17, 15) is 13.2 Å². The molecule has 1 N–H and O–H groups in total. The summed E-state index contributed by atoms with van der Waals surface area (Å²) in [5, 5.41) is 8.90. The smallest absolute Gasteiger partial charge is 0.250 e. The highest BCUT2D eigenvalue weighted by atomic mass is 32.1. The van der Waals surface area contributed by atoms with Gasteiger partial charge < -0.3 is 0 Å². The molecule has 0 spiro atoms. The van der Waals surface area contributed by atoms with Crippen LogP contribution in [0, 0.1) is 11.7 Å². The highest BCUT2D eigenvalue weighted by Crippen LogP contribution is 2.27. The summed E-state index contributed by atoms with van der Waals surface area (Å²) in [6, 6.07) is 7.16. The van der Waals surface area contributed by atoms with E-state index in [1.807, 2.05) is 19.1 Å². The SMILES string of the molecule is Cc1ccc(/C=N\n2c(C(F)(F)F)n[nH]c2=S)cc1. The first kappa shape index (κ1) is 13.5. The van der Waals surface area contributed by atoms with Crippen molar-refractivity contribution in [2.75, 3.05) is 0 Å². The number of aromatic nitrogens is 3. The van der Waals surface area contributed by atoms with Crippen molar-refractivity contribution in [1.29, 1.82) is 0 Å². The molecule has 0 saturated carbocycles. The van der Waals surface area contributed by atoms with Crippen LogP contribution < -0.4 is 0 Å². The highest BCUT2D eigenvalue weighted by molar-refractivity contribution is 7.71.